The molecule has 0 aromatic rings. The van der Waals surface area contributed by atoms with Crippen molar-refractivity contribution in [3.8, 4) is 0 Å². The molecule has 3 unspecified atom stereocenters. The van der Waals surface area contributed by atoms with Crippen molar-refractivity contribution in [3.63, 3.8) is 0 Å². The van der Waals surface area contributed by atoms with Crippen LogP contribution in [0.5, 0.6) is 0 Å². The molecule has 1 aliphatic carbocycles. The third-order valence-corrected chi connectivity index (χ3v) is 4.32. The molecule has 0 spiro atoms. The average molecular weight is 224 g/mol. The SMILES string of the molecule is CC1CCC(CN2CCNCC2C2CC2)O1. The molecule has 0 bridgehead atoms. The first kappa shape index (κ1) is 11.0. The number of nitrogens with zero attached hydrogens (tertiary/aromatic N) is 1. The van der Waals surface area contributed by atoms with Crippen LogP contribution in [0.2, 0.25) is 0 Å². The lowest BCUT2D eigenvalue weighted by Gasteiger charge is -2.37. The second-order valence-electron chi connectivity index (χ2n) is 5.75. The molecule has 2 heterocycles. The van der Waals surface area contributed by atoms with Gasteiger partial charge in [-0.1, -0.05) is 0 Å². The monoisotopic (exact) mass is 224 g/mol. The number of nitrogens with one attached hydrogen (secondary N) is 1. The number of hydrogen-bond donors (Lipinski definition) is 1. The molecule has 0 radical (unpaired) electrons. The maximum atomic E-state index is 5.95. The van der Waals surface area contributed by atoms with E-state index in [1.54, 1.807) is 0 Å². The standard InChI is InChI=1S/C13H24N2O/c1-10-2-5-12(16-10)9-15-7-6-14-8-13(15)11-3-4-11/h10-14H,2-9H2,1H3. The van der Waals surface area contributed by atoms with Gasteiger partial charge in [0.15, 0.2) is 0 Å². The first-order chi connectivity index (χ1) is 7.83. The van der Waals surface area contributed by atoms with Gasteiger partial charge in [-0.25, -0.2) is 0 Å². The third kappa shape index (κ3) is 2.41. The second kappa shape index (κ2) is 4.63. The van der Waals surface area contributed by atoms with Gasteiger partial charge in [-0.15, -0.1) is 0 Å². The summed E-state index contributed by atoms with van der Waals surface area (Å²) in [4.78, 5) is 2.69. The zero-order valence-electron chi connectivity index (χ0n) is 10.3. The minimum Gasteiger partial charge on any atom is -0.374 e. The minimum absolute atomic E-state index is 0.493. The summed E-state index contributed by atoms with van der Waals surface area (Å²) in [5.74, 6) is 0.978. The molecule has 0 aromatic carbocycles. The van der Waals surface area contributed by atoms with Crippen molar-refractivity contribution < 1.29 is 4.74 Å². The average Bonchev–Trinajstić information content (AvgIpc) is 3.04. The van der Waals surface area contributed by atoms with Gasteiger partial charge in [0.05, 0.1) is 12.2 Å². The third-order valence-electron chi connectivity index (χ3n) is 4.32. The first-order valence-electron chi connectivity index (χ1n) is 6.93. The summed E-state index contributed by atoms with van der Waals surface area (Å²) in [7, 11) is 0. The Hall–Kier alpha value is -0.120. The van der Waals surface area contributed by atoms with Crippen LogP contribution in [0.25, 0.3) is 0 Å². The van der Waals surface area contributed by atoms with Gasteiger partial charge < -0.3 is 10.1 Å². The lowest BCUT2D eigenvalue weighted by molar-refractivity contribution is 0.0133. The van der Waals surface area contributed by atoms with E-state index in [0.29, 0.717) is 12.2 Å². The van der Waals surface area contributed by atoms with Gasteiger partial charge in [0.1, 0.15) is 0 Å². The first-order valence-corrected chi connectivity index (χ1v) is 6.93. The van der Waals surface area contributed by atoms with Crippen LogP contribution in [0.15, 0.2) is 0 Å². The van der Waals surface area contributed by atoms with Crippen molar-refractivity contribution in [2.45, 2.75) is 50.9 Å². The van der Waals surface area contributed by atoms with Crippen LogP contribution in [0.4, 0.5) is 0 Å². The predicted molar refractivity (Wildman–Crippen MR) is 64.5 cm³/mol. The van der Waals surface area contributed by atoms with E-state index in [9.17, 15) is 0 Å². The Balaban J connectivity index is 1.54. The Labute approximate surface area is 98.5 Å². The predicted octanol–water partition coefficient (Wildman–Crippen LogP) is 1.24. The molecule has 3 heteroatoms. The fraction of sp³-hybridized carbons (Fsp3) is 1.00. The normalized spacial score (nSPS) is 41.4. The molecule has 3 aliphatic rings. The molecule has 0 aromatic heterocycles. The van der Waals surface area contributed by atoms with Crippen LogP contribution >= 0.6 is 0 Å². The van der Waals surface area contributed by atoms with Crippen molar-refractivity contribution in [1.82, 2.24) is 10.2 Å². The van der Waals surface area contributed by atoms with Crippen LogP contribution in [-0.2, 0) is 4.74 Å². The quantitative estimate of drug-likeness (QED) is 0.780. The molecule has 0 amide bonds. The van der Waals surface area contributed by atoms with Crippen molar-refractivity contribution in [2.75, 3.05) is 26.2 Å². The molecule has 1 saturated carbocycles. The molecular weight excluding hydrogens is 200 g/mol. The summed E-state index contributed by atoms with van der Waals surface area (Å²) >= 11 is 0. The van der Waals surface area contributed by atoms with E-state index >= 15 is 0 Å². The molecule has 3 nitrogen and oxygen atoms in total. The molecule has 3 atom stereocenters. The molecular formula is C13H24N2O. The van der Waals surface area contributed by atoms with Crippen LogP contribution in [-0.4, -0.2) is 49.3 Å². The van der Waals surface area contributed by atoms with Crippen LogP contribution in [0, 0.1) is 5.92 Å². The Morgan fingerprint density at radius 1 is 1.25 bits per heavy atom. The molecule has 1 N–H and O–H groups in total. The van der Waals surface area contributed by atoms with Crippen LogP contribution in [0.3, 0.4) is 0 Å². The molecule has 92 valence electrons. The highest BCUT2D eigenvalue weighted by atomic mass is 16.5. The van der Waals surface area contributed by atoms with Crippen molar-refractivity contribution >= 4 is 0 Å². The molecule has 2 saturated heterocycles. The smallest absolute Gasteiger partial charge is 0.0706 e. The Morgan fingerprint density at radius 3 is 2.81 bits per heavy atom. The van der Waals surface area contributed by atoms with Gasteiger partial charge >= 0.3 is 0 Å². The van der Waals surface area contributed by atoms with Gasteiger partial charge in [0, 0.05) is 32.2 Å². The molecule has 3 rings (SSSR count). The van der Waals surface area contributed by atoms with E-state index in [4.69, 9.17) is 4.74 Å². The zero-order valence-corrected chi connectivity index (χ0v) is 10.3. The highest BCUT2D eigenvalue weighted by molar-refractivity contribution is 4.93. The number of ether oxygens (including phenoxy) is 1. The van der Waals surface area contributed by atoms with Gasteiger partial charge in [-0.3, -0.25) is 4.90 Å². The number of rotatable bonds is 3. The lowest BCUT2D eigenvalue weighted by atomic mass is 10.1. The Kier molecular flexibility index (Phi) is 3.18. The molecule has 3 fully saturated rings. The summed E-state index contributed by atoms with van der Waals surface area (Å²) in [5, 5.41) is 3.54. The van der Waals surface area contributed by atoms with Crippen molar-refractivity contribution in [3.05, 3.63) is 0 Å². The summed E-state index contributed by atoms with van der Waals surface area (Å²) < 4.78 is 5.95. The number of piperazine rings is 1. The van der Waals surface area contributed by atoms with Crippen molar-refractivity contribution in [1.29, 1.82) is 0 Å². The van der Waals surface area contributed by atoms with Crippen LogP contribution < -0.4 is 5.32 Å². The van der Waals surface area contributed by atoms with E-state index in [1.807, 2.05) is 0 Å². The summed E-state index contributed by atoms with van der Waals surface area (Å²) in [5.41, 5.74) is 0. The van der Waals surface area contributed by atoms with Crippen LogP contribution in [0.1, 0.15) is 32.6 Å². The van der Waals surface area contributed by atoms with E-state index in [0.717, 1.165) is 18.5 Å². The summed E-state index contributed by atoms with van der Waals surface area (Å²) in [6.45, 7) is 6.96. The zero-order chi connectivity index (χ0) is 11.0. The van der Waals surface area contributed by atoms with E-state index in [1.165, 1.54) is 45.3 Å². The Bertz CT molecular complexity index is 242. The van der Waals surface area contributed by atoms with E-state index in [2.05, 4.69) is 17.1 Å². The minimum atomic E-state index is 0.493. The van der Waals surface area contributed by atoms with E-state index < -0.39 is 0 Å². The molecule has 2 aliphatic heterocycles. The highest BCUT2D eigenvalue weighted by Gasteiger charge is 2.37. The Morgan fingerprint density at radius 2 is 2.12 bits per heavy atom. The van der Waals surface area contributed by atoms with E-state index in [-0.39, 0.29) is 0 Å². The fourth-order valence-electron chi connectivity index (χ4n) is 3.22. The fourth-order valence-corrected chi connectivity index (χ4v) is 3.22. The topological polar surface area (TPSA) is 24.5 Å². The summed E-state index contributed by atoms with van der Waals surface area (Å²) in [6.07, 6.45) is 6.42. The molecule has 16 heavy (non-hydrogen) atoms. The highest BCUT2D eigenvalue weighted by Crippen LogP contribution is 2.36. The maximum Gasteiger partial charge on any atom is 0.0706 e. The van der Waals surface area contributed by atoms with Gasteiger partial charge in [-0.05, 0) is 38.5 Å². The lowest BCUT2D eigenvalue weighted by Crippen LogP contribution is -2.54. The summed E-state index contributed by atoms with van der Waals surface area (Å²) in [6, 6.07) is 0.799. The maximum absolute atomic E-state index is 5.95. The van der Waals surface area contributed by atoms with Gasteiger partial charge in [-0.2, -0.15) is 0 Å². The van der Waals surface area contributed by atoms with Crippen molar-refractivity contribution in [2.24, 2.45) is 5.92 Å². The largest absolute Gasteiger partial charge is 0.374 e. The van der Waals surface area contributed by atoms with Gasteiger partial charge in [0.2, 0.25) is 0 Å². The van der Waals surface area contributed by atoms with Gasteiger partial charge in [0.25, 0.3) is 0 Å². The number of hydrogen-bond acceptors (Lipinski definition) is 3. The second-order valence-corrected chi connectivity index (χ2v) is 5.75.